The van der Waals surface area contributed by atoms with Crippen molar-refractivity contribution in [3.8, 4) is 5.75 Å². The predicted octanol–water partition coefficient (Wildman–Crippen LogP) is 7.32. The van der Waals surface area contributed by atoms with Crippen LogP contribution in [0.25, 0.3) is 0 Å². The zero-order valence-corrected chi connectivity index (χ0v) is 23.3. The molecule has 4 nitrogen and oxygen atoms in total. The van der Waals surface area contributed by atoms with E-state index in [0.717, 1.165) is 37.0 Å². The van der Waals surface area contributed by atoms with Crippen molar-refractivity contribution in [2.24, 2.45) is 0 Å². The Labute approximate surface area is 208 Å². The lowest BCUT2D eigenvalue weighted by molar-refractivity contribution is 0.296. The molecule has 1 N–H and O–H groups in total. The molecule has 0 amide bonds. The van der Waals surface area contributed by atoms with Gasteiger partial charge in [0.15, 0.2) is 0 Å². The number of unbranched alkanes of at least 4 members (excludes halogenated alkanes) is 1. The third-order valence-corrected chi connectivity index (χ3v) is 8.71. The van der Waals surface area contributed by atoms with Gasteiger partial charge in [-0.3, -0.25) is 0 Å². The fourth-order valence-electron chi connectivity index (χ4n) is 3.73. The minimum absolute atomic E-state index is 0.0237. The molecule has 2 rings (SSSR count). The van der Waals surface area contributed by atoms with E-state index in [4.69, 9.17) is 4.74 Å². The van der Waals surface area contributed by atoms with Crippen LogP contribution >= 0.6 is 0 Å². The first-order valence-electron chi connectivity index (χ1n) is 12.7. The van der Waals surface area contributed by atoms with Crippen LogP contribution in [0, 0.1) is 0 Å². The molecule has 0 atom stereocenters. The van der Waals surface area contributed by atoms with Crippen molar-refractivity contribution in [3.63, 3.8) is 0 Å². The number of rotatable bonds is 13. The number of nitrogens with one attached hydrogen (secondary N) is 1. The monoisotopic (exact) mass is 487 g/mol. The van der Waals surface area contributed by atoms with Gasteiger partial charge in [-0.25, -0.2) is 13.1 Å². The molecule has 190 valence electrons. The second-order valence-corrected chi connectivity index (χ2v) is 12.6. The number of ether oxygens (including phenoxy) is 1. The molecule has 5 heteroatoms. The van der Waals surface area contributed by atoms with Gasteiger partial charge in [0.1, 0.15) is 5.75 Å². The summed E-state index contributed by atoms with van der Waals surface area (Å²) in [7, 11) is -3.48. The standard InChI is InChI=1S/C29H45NO3S/c1-9-28(5,6)24-15-18-27(26(21-24)29(7,8)10-2)33-20-12-11-19-30-34(31,32)25-16-13-23(14-17-25)22(3)4/h13-18,21-22,30H,9-12,19-20H2,1-8H3. The summed E-state index contributed by atoms with van der Waals surface area (Å²) in [5, 5.41) is 0. The van der Waals surface area contributed by atoms with Crippen molar-refractivity contribution in [2.75, 3.05) is 13.2 Å². The van der Waals surface area contributed by atoms with Gasteiger partial charge in [0, 0.05) is 12.1 Å². The first-order valence-corrected chi connectivity index (χ1v) is 14.2. The minimum atomic E-state index is -3.48. The summed E-state index contributed by atoms with van der Waals surface area (Å²) in [5.41, 5.74) is 3.88. The predicted molar refractivity (Wildman–Crippen MR) is 144 cm³/mol. The van der Waals surface area contributed by atoms with Crippen LogP contribution in [-0.4, -0.2) is 21.6 Å². The van der Waals surface area contributed by atoms with Crippen molar-refractivity contribution >= 4 is 10.0 Å². The van der Waals surface area contributed by atoms with E-state index in [1.807, 2.05) is 12.1 Å². The average molecular weight is 488 g/mol. The van der Waals surface area contributed by atoms with E-state index in [-0.39, 0.29) is 10.8 Å². The highest BCUT2D eigenvalue weighted by Crippen LogP contribution is 2.38. The maximum absolute atomic E-state index is 12.6. The van der Waals surface area contributed by atoms with E-state index in [1.165, 1.54) is 11.1 Å². The minimum Gasteiger partial charge on any atom is -0.493 e. The maximum atomic E-state index is 12.6. The lowest BCUT2D eigenvalue weighted by atomic mass is 9.76. The fraction of sp³-hybridized carbons (Fsp3) is 0.586. The summed E-state index contributed by atoms with van der Waals surface area (Å²) in [5.74, 6) is 1.32. The Morgan fingerprint density at radius 2 is 1.50 bits per heavy atom. The van der Waals surface area contributed by atoms with Gasteiger partial charge in [-0.1, -0.05) is 79.7 Å². The summed E-state index contributed by atoms with van der Waals surface area (Å²) in [6.07, 6.45) is 3.61. The van der Waals surface area contributed by atoms with Crippen LogP contribution in [0.2, 0.25) is 0 Å². The normalized spacial score (nSPS) is 12.9. The van der Waals surface area contributed by atoms with E-state index in [0.29, 0.717) is 24.0 Å². The Morgan fingerprint density at radius 3 is 2.06 bits per heavy atom. The van der Waals surface area contributed by atoms with Crippen molar-refractivity contribution < 1.29 is 13.2 Å². The smallest absolute Gasteiger partial charge is 0.240 e. The largest absolute Gasteiger partial charge is 0.493 e. The molecule has 0 aliphatic rings. The van der Waals surface area contributed by atoms with Crippen LogP contribution < -0.4 is 9.46 Å². The molecule has 0 heterocycles. The molecule has 0 saturated heterocycles. The van der Waals surface area contributed by atoms with E-state index >= 15 is 0 Å². The second kappa shape index (κ2) is 11.7. The Morgan fingerprint density at radius 1 is 0.882 bits per heavy atom. The Kier molecular flexibility index (Phi) is 9.79. The highest BCUT2D eigenvalue weighted by atomic mass is 32.2. The van der Waals surface area contributed by atoms with E-state index in [9.17, 15) is 8.42 Å². The van der Waals surface area contributed by atoms with Crippen molar-refractivity contribution in [1.82, 2.24) is 4.72 Å². The van der Waals surface area contributed by atoms with Crippen LogP contribution in [0.3, 0.4) is 0 Å². The van der Waals surface area contributed by atoms with Gasteiger partial charge in [0.2, 0.25) is 10.0 Å². The molecular weight excluding hydrogens is 442 g/mol. The molecule has 0 aromatic heterocycles. The van der Waals surface area contributed by atoms with E-state index in [2.05, 4.69) is 78.3 Å². The quantitative estimate of drug-likeness (QED) is 0.301. The summed E-state index contributed by atoms with van der Waals surface area (Å²) >= 11 is 0. The molecule has 34 heavy (non-hydrogen) atoms. The molecule has 0 bridgehead atoms. The molecule has 0 spiro atoms. The van der Waals surface area contributed by atoms with Crippen LogP contribution in [0.4, 0.5) is 0 Å². The lowest BCUT2D eigenvalue weighted by Crippen LogP contribution is -2.25. The van der Waals surface area contributed by atoms with Gasteiger partial charge in [0.05, 0.1) is 11.5 Å². The number of sulfonamides is 1. The lowest BCUT2D eigenvalue weighted by Gasteiger charge is -2.30. The summed E-state index contributed by atoms with van der Waals surface area (Å²) in [6.45, 7) is 18.7. The van der Waals surface area contributed by atoms with Crippen LogP contribution in [0.1, 0.15) is 104 Å². The first kappa shape index (κ1) is 28.4. The van der Waals surface area contributed by atoms with Gasteiger partial charge in [-0.05, 0) is 71.8 Å². The number of hydrogen-bond acceptors (Lipinski definition) is 3. The molecule has 0 fully saturated rings. The third kappa shape index (κ3) is 7.32. The zero-order chi connectivity index (χ0) is 25.6. The van der Waals surface area contributed by atoms with Crippen molar-refractivity contribution in [1.29, 1.82) is 0 Å². The van der Waals surface area contributed by atoms with E-state index < -0.39 is 10.0 Å². The van der Waals surface area contributed by atoms with Gasteiger partial charge in [0.25, 0.3) is 0 Å². The maximum Gasteiger partial charge on any atom is 0.240 e. The third-order valence-electron chi connectivity index (χ3n) is 7.24. The topological polar surface area (TPSA) is 55.4 Å². The van der Waals surface area contributed by atoms with Crippen LogP contribution in [0.5, 0.6) is 5.75 Å². The van der Waals surface area contributed by atoms with Crippen LogP contribution in [0.15, 0.2) is 47.4 Å². The molecule has 0 radical (unpaired) electrons. The Bertz CT molecular complexity index is 1020. The molecule has 0 aliphatic heterocycles. The molecule has 2 aromatic carbocycles. The highest BCUT2D eigenvalue weighted by molar-refractivity contribution is 7.89. The Balaban J connectivity index is 1.94. The molecule has 0 unspecified atom stereocenters. The van der Waals surface area contributed by atoms with Gasteiger partial charge in [-0.2, -0.15) is 0 Å². The van der Waals surface area contributed by atoms with E-state index in [1.54, 1.807) is 12.1 Å². The fourth-order valence-corrected chi connectivity index (χ4v) is 4.81. The first-order chi connectivity index (χ1) is 15.8. The highest BCUT2D eigenvalue weighted by Gasteiger charge is 2.26. The second-order valence-electron chi connectivity index (χ2n) is 10.9. The van der Waals surface area contributed by atoms with Gasteiger partial charge >= 0.3 is 0 Å². The van der Waals surface area contributed by atoms with Crippen molar-refractivity contribution in [3.05, 3.63) is 59.2 Å². The number of hydrogen-bond donors (Lipinski definition) is 1. The summed E-state index contributed by atoms with van der Waals surface area (Å²) in [6, 6.07) is 13.8. The summed E-state index contributed by atoms with van der Waals surface area (Å²) in [4.78, 5) is 0.315. The zero-order valence-electron chi connectivity index (χ0n) is 22.5. The Hall–Kier alpha value is -1.85. The molecule has 0 aliphatic carbocycles. The van der Waals surface area contributed by atoms with Crippen molar-refractivity contribution in [2.45, 2.75) is 103 Å². The van der Waals surface area contributed by atoms with Crippen LogP contribution in [-0.2, 0) is 20.9 Å². The molecular formula is C29H45NO3S. The van der Waals surface area contributed by atoms with Gasteiger partial charge < -0.3 is 4.74 Å². The van der Waals surface area contributed by atoms with Gasteiger partial charge in [-0.15, -0.1) is 0 Å². The molecule has 2 aromatic rings. The number of benzene rings is 2. The summed E-state index contributed by atoms with van der Waals surface area (Å²) < 4.78 is 34.0. The SMILES string of the molecule is CCC(C)(C)c1ccc(OCCCCNS(=O)(=O)c2ccc(C(C)C)cc2)c(C(C)(C)CC)c1. The molecule has 0 saturated carbocycles. The average Bonchev–Trinajstić information content (AvgIpc) is 2.81.